The van der Waals surface area contributed by atoms with E-state index in [1.165, 1.54) is 0 Å². The quantitative estimate of drug-likeness (QED) is 0.426. The van der Waals surface area contributed by atoms with E-state index in [9.17, 15) is 14.7 Å². The predicted molar refractivity (Wildman–Crippen MR) is 108 cm³/mol. The smallest absolute Gasteiger partial charge is 0.303 e. The number of halogens is 1. The number of rotatable bonds is 11. The summed E-state index contributed by atoms with van der Waals surface area (Å²) in [4.78, 5) is 22.5. The number of carbonyl (C=O) groups is 2. The lowest BCUT2D eigenvalue weighted by atomic mass is 9.90. The van der Waals surface area contributed by atoms with Crippen molar-refractivity contribution in [3.8, 4) is 5.75 Å². The summed E-state index contributed by atoms with van der Waals surface area (Å²) in [6, 6.07) is 6.96. The summed E-state index contributed by atoms with van der Waals surface area (Å²) in [6.07, 6.45) is 11.9. The van der Waals surface area contributed by atoms with Crippen LogP contribution >= 0.6 is 11.6 Å². The Kier molecular flexibility index (Phi) is 8.98. The van der Waals surface area contributed by atoms with E-state index in [-0.39, 0.29) is 30.6 Å². The maximum absolute atomic E-state index is 12.0. The van der Waals surface area contributed by atoms with E-state index in [2.05, 4.69) is 0 Å². The van der Waals surface area contributed by atoms with Crippen molar-refractivity contribution in [2.45, 2.75) is 31.8 Å². The summed E-state index contributed by atoms with van der Waals surface area (Å²) in [5, 5.41) is 19.3. The van der Waals surface area contributed by atoms with Crippen LogP contribution < -0.4 is 4.74 Å². The lowest BCUT2D eigenvalue weighted by Gasteiger charge is -2.14. The molecule has 0 saturated carbocycles. The zero-order valence-electron chi connectivity index (χ0n) is 15.5. The van der Waals surface area contributed by atoms with Gasteiger partial charge < -0.3 is 14.9 Å². The van der Waals surface area contributed by atoms with Crippen molar-refractivity contribution in [1.82, 2.24) is 0 Å². The Morgan fingerprint density at radius 3 is 2.89 bits per heavy atom. The first-order valence-electron chi connectivity index (χ1n) is 9.29. The largest absolute Gasteiger partial charge is 0.491 e. The van der Waals surface area contributed by atoms with Crippen molar-refractivity contribution in [2.24, 2.45) is 11.8 Å². The van der Waals surface area contributed by atoms with Crippen LogP contribution in [0.25, 0.3) is 0 Å². The first-order valence-corrected chi connectivity index (χ1v) is 9.67. The fraction of sp³-hybridized carbons (Fsp3) is 0.364. The van der Waals surface area contributed by atoms with Gasteiger partial charge in [0, 0.05) is 23.3 Å². The molecule has 0 aliphatic heterocycles. The van der Waals surface area contributed by atoms with Crippen molar-refractivity contribution < 1.29 is 24.5 Å². The molecule has 0 radical (unpaired) electrons. The Morgan fingerprint density at radius 1 is 1.32 bits per heavy atom. The fourth-order valence-electron chi connectivity index (χ4n) is 2.91. The van der Waals surface area contributed by atoms with Gasteiger partial charge >= 0.3 is 5.97 Å². The van der Waals surface area contributed by atoms with E-state index >= 15 is 0 Å². The summed E-state index contributed by atoms with van der Waals surface area (Å²) < 4.78 is 5.51. The van der Waals surface area contributed by atoms with Gasteiger partial charge in [0.2, 0.25) is 0 Å². The molecule has 5 nitrogen and oxygen atoms in total. The molecule has 0 bridgehead atoms. The number of ketones is 1. The molecule has 150 valence electrons. The summed E-state index contributed by atoms with van der Waals surface area (Å²) in [5.41, 5.74) is 0. The van der Waals surface area contributed by atoms with Crippen LogP contribution in [0.15, 0.2) is 60.7 Å². The molecule has 0 saturated heterocycles. The Morgan fingerprint density at radius 2 is 2.14 bits per heavy atom. The maximum Gasteiger partial charge on any atom is 0.303 e. The number of allylic oxidation sites excluding steroid dienone is 5. The molecule has 0 spiro atoms. The van der Waals surface area contributed by atoms with Gasteiger partial charge in [-0.05, 0) is 43.5 Å². The second-order valence-corrected chi connectivity index (χ2v) is 7.10. The van der Waals surface area contributed by atoms with Crippen LogP contribution in [0.4, 0.5) is 0 Å². The van der Waals surface area contributed by atoms with Gasteiger partial charge in [0.15, 0.2) is 5.78 Å². The van der Waals surface area contributed by atoms with Crippen molar-refractivity contribution in [3.63, 3.8) is 0 Å². The van der Waals surface area contributed by atoms with Crippen molar-refractivity contribution >= 4 is 23.4 Å². The number of carboxylic acids is 1. The molecule has 1 aliphatic rings. The summed E-state index contributed by atoms with van der Waals surface area (Å²) in [7, 11) is 0. The highest BCUT2D eigenvalue weighted by atomic mass is 35.5. The second-order valence-electron chi connectivity index (χ2n) is 6.66. The molecule has 0 heterocycles. The fourth-order valence-corrected chi connectivity index (χ4v) is 3.09. The van der Waals surface area contributed by atoms with Gasteiger partial charge in [-0.25, -0.2) is 0 Å². The number of aliphatic hydroxyl groups excluding tert-OH is 1. The molecule has 1 aliphatic carbocycles. The highest BCUT2D eigenvalue weighted by molar-refractivity contribution is 6.30. The van der Waals surface area contributed by atoms with Gasteiger partial charge in [-0.3, -0.25) is 9.59 Å². The zero-order valence-corrected chi connectivity index (χ0v) is 16.3. The first-order chi connectivity index (χ1) is 13.5. The van der Waals surface area contributed by atoms with Crippen LogP contribution in [0.5, 0.6) is 5.75 Å². The van der Waals surface area contributed by atoms with E-state index in [1.54, 1.807) is 36.4 Å². The molecule has 2 N–H and O–H groups in total. The molecular weight excluding hydrogens is 380 g/mol. The normalized spacial score (nSPS) is 20.3. The number of carbonyl (C=O) groups excluding carboxylic acids is 1. The monoisotopic (exact) mass is 404 g/mol. The topological polar surface area (TPSA) is 83.8 Å². The number of benzene rings is 1. The van der Waals surface area contributed by atoms with Gasteiger partial charge in [-0.2, -0.15) is 0 Å². The molecule has 0 aromatic heterocycles. The van der Waals surface area contributed by atoms with E-state index in [0.29, 0.717) is 30.0 Å². The van der Waals surface area contributed by atoms with Crippen LogP contribution in [0.1, 0.15) is 25.7 Å². The van der Waals surface area contributed by atoms with Crippen molar-refractivity contribution in [2.75, 3.05) is 6.61 Å². The van der Waals surface area contributed by atoms with Crippen LogP contribution in [0.2, 0.25) is 5.02 Å². The molecule has 2 rings (SSSR count). The summed E-state index contributed by atoms with van der Waals surface area (Å²) >= 11 is 5.89. The standard InChI is InChI=1S/C22H25ClO5/c23-17-6-5-7-19(14-17)28-15-18(24)12-10-16-11-13-21(25)20(16)8-3-1-2-4-9-22(26)27/h1,3,5-7,10-14,16,18,20,24H,2,4,8-9,15H2,(H,26,27)/t16-,18+,20+/m0/s1. The molecule has 0 amide bonds. The Hall–Kier alpha value is -2.37. The van der Waals surface area contributed by atoms with Gasteiger partial charge in [-0.15, -0.1) is 0 Å². The average Bonchev–Trinajstić information content (AvgIpc) is 3.01. The Labute approximate surface area is 170 Å². The van der Waals surface area contributed by atoms with Crippen LogP contribution in [0, 0.1) is 11.8 Å². The zero-order chi connectivity index (χ0) is 20.4. The lowest BCUT2D eigenvalue weighted by Crippen LogP contribution is -2.17. The third-order valence-electron chi connectivity index (χ3n) is 4.40. The Bertz CT molecular complexity index is 753. The molecule has 6 heteroatoms. The molecule has 1 aromatic carbocycles. The molecule has 1 aromatic rings. The van der Waals surface area contributed by atoms with Gasteiger partial charge in [0.25, 0.3) is 0 Å². The third-order valence-corrected chi connectivity index (χ3v) is 4.64. The van der Waals surface area contributed by atoms with Crippen molar-refractivity contribution in [3.05, 3.63) is 65.7 Å². The summed E-state index contributed by atoms with van der Waals surface area (Å²) in [5.74, 6) is -0.409. The number of aliphatic carboxylic acids is 1. The van der Waals surface area contributed by atoms with Gasteiger partial charge in [0.1, 0.15) is 18.5 Å². The minimum atomic E-state index is -0.799. The average molecular weight is 405 g/mol. The van der Waals surface area contributed by atoms with E-state index < -0.39 is 12.1 Å². The number of hydrogen-bond acceptors (Lipinski definition) is 4. The molecule has 28 heavy (non-hydrogen) atoms. The number of ether oxygens (including phenoxy) is 1. The first kappa shape index (κ1) is 21.9. The Balaban J connectivity index is 1.78. The van der Waals surface area contributed by atoms with Crippen molar-refractivity contribution in [1.29, 1.82) is 0 Å². The number of hydrogen-bond donors (Lipinski definition) is 2. The number of carboxylic acid groups (broad SMARTS) is 1. The van der Waals surface area contributed by atoms with Crippen LogP contribution in [-0.4, -0.2) is 34.7 Å². The van der Waals surface area contributed by atoms with Gasteiger partial charge in [0.05, 0.1) is 0 Å². The minimum absolute atomic E-state index is 0.0644. The third kappa shape index (κ3) is 7.71. The highest BCUT2D eigenvalue weighted by Gasteiger charge is 2.27. The lowest BCUT2D eigenvalue weighted by molar-refractivity contribution is -0.137. The predicted octanol–water partition coefficient (Wildman–Crippen LogP) is 4.21. The van der Waals surface area contributed by atoms with E-state index in [1.807, 2.05) is 24.3 Å². The van der Waals surface area contributed by atoms with Crippen LogP contribution in [0.3, 0.4) is 0 Å². The van der Waals surface area contributed by atoms with E-state index in [4.69, 9.17) is 21.4 Å². The number of unbranched alkanes of at least 4 members (excludes halogenated alkanes) is 1. The maximum atomic E-state index is 12.0. The molecule has 0 unspecified atom stereocenters. The SMILES string of the molecule is O=C(O)CCCC=CC[C@H]1C(=O)C=C[C@@H]1C=C[C@@H](O)COc1cccc(Cl)c1. The minimum Gasteiger partial charge on any atom is -0.491 e. The highest BCUT2D eigenvalue weighted by Crippen LogP contribution is 2.27. The molecule has 0 fully saturated rings. The molecule has 3 atom stereocenters. The van der Waals surface area contributed by atoms with Gasteiger partial charge in [-0.1, -0.05) is 48.0 Å². The number of aliphatic hydroxyl groups is 1. The van der Waals surface area contributed by atoms with Crippen LogP contribution in [-0.2, 0) is 9.59 Å². The summed E-state index contributed by atoms with van der Waals surface area (Å²) in [6.45, 7) is 0.0926. The molecular formula is C22H25ClO5. The van der Waals surface area contributed by atoms with E-state index in [0.717, 1.165) is 0 Å². The second kappa shape index (κ2) is 11.5.